The number of benzene rings is 1. The van der Waals surface area contributed by atoms with Gasteiger partial charge in [0.1, 0.15) is 0 Å². The number of hydrogen-bond acceptors (Lipinski definition) is 3. The molecule has 20 heavy (non-hydrogen) atoms. The van der Waals surface area contributed by atoms with Gasteiger partial charge in [-0.1, -0.05) is 6.07 Å². The van der Waals surface area contributed by atoms with Crippen molar-refractivity contribution < 1.29 is 4.79 Å². The van der Waals surface area contributed by atoms with E-state index in [4.69, 9.17) is 5.73 Å². The van der Waals surface area contributed by atoms with Crippen LogP contribution in [0.25, 0.3) is 0 Å². The van der Waals surface area contributed by atoms with Crippen LogP contribution in [0.2, 0.25) is 0 Å². The van der Waals surface area contributed by atoms with E-state index in [-0.39, 0.29) is 5.91 Å². The maximum Gasteiger partial charge on any atom is 0.251 e. The van der Waals surface area contributed by atoms with Gasteiger partial charge in [-0.2, -0.15) is 0 Å². The molecule has 2 aliphatic rings. The number of carbonyl (C=O) groups is 1. The molecule has 1 aromatic carbocycles. The van der Waals surface area contributed by atoms with E-state index in [2.05, 4.69) is 10.2 Å². The normalized spacial score (nSPS) is 20.9. The molecule has 0 unspecified atom stereocenters. The van der Waals surface area contributed by atoms with Crippen molar-refractivity contribution in [2.45, 2.75) is 44.7 Å². The summed E-state index contributed by atoms with van der Waals surface area (Å²) in [6, 6.07) is 6.66. The van der Waals surface area contributed by atoms with Crippen molar-refractivity contribution in [3.05, 3.63) is 29.3 Å². The standard InChI is InChI=1S/C16H23N3O/c1-11-2-3-12(10-15(11)17)16(20)18-13-6-8-19(9-7-13)14-4-5-14/h2-3,10,13-14H,4-9,17H2,1H3,(H,18,20). The molecule has 4 nitrogen and oxygen atoms in total. The summed E-state index contributed by atoms with van der Waals surface area (Å²) in [7, 11) is 0. The van der Waals surface area contributed by atoms with Gasteiger partial charge in [-0.15, -0.1) is 0 Å². The predicted molar refractivity (Wildman–Crippen MR) is 80.7 cm³/mol. The van der Waals surface area contributed by atoms with E-state index >= 15 is 0 Å². The molecule has 1 aliphatic heterocycles. The van der Waals surface area contributed by atoms with Crippen LogP contribution in [0.4, 0.5) is 5.69 Å². The van der Waals surface area contributed by atoms with Crippen LogP contribution in [0, 0.1) is 6.92 Å². The average Bonchev–Trinajstić information content (AvgIpc) is 3.27. The SMILES string of the molecule is Cc1ccc(C(=O)NC2CCN(C3CC3)CC2)cc1N. The summed E-state index contributed by atoms with van der Waals surface area (Å²) in [4.78, 5) is 14.8. The molecule has 4 heteroatoms. The first-order valence-corrected chi connectivity index (χ1v) is 7.54. The molecule has 0 spiro atoms. The van der Waals surface area contributed by atoms with Crippen LogP contribution in [0.1, 0.15) is 41.6 Å². The van der Waals surface area contributed by atoms with E-state index in [1.807, 2.05) is 19.1 Å². The lowest BCUT2D eigenvalue weighted by atomic mass is 10.0. The Balaban J connectivity index is 1.54. The summed E-state index contributed by atoms with van der Waals surface area (Å²) >= 11 is 0. The van der Waals surface area contributed by atoms with E-state index < -0.39 is 0 Å². The van der Waals surface area contributed by atoms with Gasteiger partial charge in [0.05, 0.1) is 0 Å². The molecule has 0 atom stereocenters. The molecular weight excluding hydrogens is 250 g/mol. The van der Waals surface area contributed by atoms with E-state index in [9.17, 15) is 4.79 Å². The van der Waals surface area contributed by atoms with Crippen molar-refractivity contribution in [2.75, 3.05) is 18.8 Å². The number of anilines is 1. The lowest BCUT2D eigenvalue weighted by molar-refractivity contribution is 0.0909. The van der Waals surface area contributed by atoms with Crippen LogP contribution in [0.15, 0.2) is 18.2 Å². The van der Waals surface area contributed by atoms with Gasteiger partial charge < -0.3 is 16.0 Å². The van der Waals surface area contributed by atoms with Crippen molar-refractivity contribution in [1.29, 1.82) is 0 Å². The number of rotatable bonds is 3. The third kappa shape index (κ3) is 2.96. The fourth-order valence-corrected chi connectivity index (χ4v) is 2.90. The van der Waals surface area contributed by atoms with Crippen molar-refractivity contribution >= 4 is 11.6 Å². The van der Waals surface area contributed by atoms with Gasteiger partial charge in [0.25, 0.3) is 5.91 Å². The van der Waals surface area contributed by atoms with Crippen LogP contribution in [0.5, 0.6) is 0 Å². The number of likely N-dealkylation sites (tertiary alicyclic amines) is 1. The molecule has 3 N–H and O–H groups in total. The number of nitrogens with zero attached hydrogens (tertiary/aromatic N) is 1. The molecule has 1 amide bonds. The van der Waals surface area contributed by atoms with E-state index in [1.165, 1.54) is 12.8 Å². The Kier molecular flexibility index (Phi) is 3.66. The van der Waals surface area contributed by atoms with E-state index in [0.717, 1.165) is 37.5 Å². The van der Waals surface area contributed by atoms with Gasteiger partial charge >= 0.3 is 0 Å². The zero-order chi connectivity index (χ0) is 14.1. The van der Waals surface area contributed by atoms with Crippen LogP contribution in [0.3, 0.4) is 0 Å². The summed E-state index contributed by atoms with van der Waals surface area (Å²) in [6.45, 7) is 4.18. The molecule has 108 valence electrons. The van der Waals surface area contributed by atoms with Gasteiger partial charge in [0, 0.05) is 36.4 Å². The van der Waals surface area contributed by atoms with Crippen LogP contribution >= 0.6 is 0 Å². The number of carbonyl (C=O) groups excluding carboxylic acids is 1. The maximum atomic E-state index is 12.2. The zero-order valence-electron chi connectivity index (χ0n) is 12.1. The molecule has 3 rings (SSSR count). The highest BCUT2D eigenvalue weighted by Gasteiger charge is 2.32. The summed E-state index contributed by atoms with van der Waals surface area (Å²) in [5, 5.41) is 3.14. The molecule has 2 fully saturated rings. The first-order valence-electron chi connectivity index (χ1n) is 7.54. The Labute approximate surface area is 120 Å². The topological polar surface area (TPSA) is 58.4 Å². The summed E-state index contributed by atoms with van der Waals surface area (Å²) in [5.41, 5.74) is 8.22. The quantitative estimate of drug-likeness (QED) is 0.827. The van der Waals surface area contributed by atoms with Crippen molar-refractivity contribution in [1.82, 2.24) is 10.2 Å². The number of aryl methyl sites for hydroxylation is 1. The minimum atomic E-state index is 0.00146. The Morgan fingerprint density at radius 2 is 1.95 bits per heavy atom. The van der Waals surface area contributed by atoms with Crippen molar-refractivity contribution in [3.63, 3.8) is 0 Å². The van der Waals surface area contributed by atoms with Gasteiger partial charge in [0.2, 0.25) is 0 Å². The van der Waals surface area contributed by atoms with E-state index in [1.54, 1.807) is 6.07 Å². The lowest BCUT2D eigenvalue weighted by Gasteiger charge is -2.32. The third-order valence-electron chi connectivity index (χ3n) is 4.47. The zero-order valence-corrected chi connectivity index (χ0v) is 12.1. The number of nitrogens with two attached hydrogens (primary N) is 1. The largest absolute Gasteiger partial charge is 0.398 e. The smallest absolute Gasteiger partial charge is 0.251 e. The Hall–Kier alpha value is -1.55. The number of amides is 1. The first kappa shape index (κ1) is 13.4. The summed E-state index contributed by atoms with van der Waals surface area (Å²) in [6.07, 6.45) is 4.84. The van der Waals surface area contributed by atoms with Gasteiger partial charge in [-0.05, 0) is 50.3 Å². The minimum absolute atomic E-state index is 0.00146. The molecule has 0 radical (unpaired) electrons. The fraction of sp³-hybridized carbons (Fsp3) is 0.562. The summed E-state index contributed by atoms with van der Waals surface area (Å²) in [5.74, 6) is 0.00146. The second kappa shape index (κ2) is 5.44. The van der Waals surface area contributed by atoms with Crippen LogP contribution in [-0.4, -0.2) is 36.0 Å². The predicted octanol–water partition coefficient (Wildman–Crippen LogP) is 1.93. The Morgan fingerprint density at radius 3 is 2.55 bits per heavy atom. The molecule has 0 bridgehead atoms. The van der Waals surface area contributed by atoms with Crippen molar-refractivity contribution in [3.8, 4) is 0 Å². The fourth-order valence-electron chi connectivity index (χ4n) is 2.90. The van der Waals surface area contributed by atoms with Gasteiger partial charge in [-0.3, -0.25) is 4.79 Å². The Morgan fingerprint density at radius 1 is 1.25 bits per heavy atom. The first-order chi connectivity index (χ1) is 9.63. The number of nitrogen functional groups attached to an aromatic ring is 1. The number of nitrogens with one attached hydrogen (secondary N) is 1. The van der Waals surface area contributed by atoms with Crippen molar-refractivity contribution in [2.24, 2.45) is 0 Å². The highest BCUT2D eigenvalue weighted by atomic mass is 16.1. The lowest BCUT2D eigenvalue weighted by Crippen LogP contribution is -2.45. The molecule has 0 aromatic heterocycles. The third-order valence-corrected chi connectivity index (χ3v) is 4.47. The molecule has 1 saturated heterocycles. The molecule has 1 aliphatic carbocycles. The maximum absolute atomic E-state index is 12.2. The number of hydrogen-bond donors (Lipinski definition) is 2. The van der Waals surface area contributed by atoms with Gasteiger partial charge in [0.15, 0.2) is 0 Å². The second-order valence-corrected chi connectivity index (χ2v) is 6.09. The minimum Gasteiger partial charge on any atom is -0.398 e. The van der Waals surface area contributed by atoms with Gasteiger partial charge in [-0.25, -0.2) is 0 Å². The van der Waals surface area contributed by atoms with Crippen LogP contribution in [-0.2, 0) is 0 Å². The van der Waals surface area contributed by atoms with E-state index in [0.29, 0.717) is 17.3 Å². The summed E-state index contributed by atoms with van der Waals surface area (Å²) < 4.78 is 0. The molecule has 1 aromatic rings. The highest BCUT2D eigenvalue weighted by molar-refractivity contribution is 5.95. The Bertz CT molecular complexity index is 502. The monoisotopic (exact) mass is 273 g/mol. The molecule has 1 saturated carbocycles. The number of piperidine rings is 1. The second-order valence-electron chi connectivity index (χ2n) is 6.09. The average molecular weight is 273 g/mol. The highest BCUT2D eigenvalue weighted by Crippen LogP contribution is 2.29. The molecular formula is C16H23N3O. The molecule has 1 heterocycles. The van der Waals surface area contributed by atoms with Crippen LogP contribution < -0.4 is 11.1 Å².